The fourth-order valence-electron chi connectivity index (χ4n) is 3.59. The largest absolute Gasteiger partial charge is 0.384 e. The third-order valence-electron chi connectivity index (χ3n) is 4.59. The Morgan fingerprint density at radius 3 is 2.74 bits per heavy atom. The number of hydrogen-bond donors (Lipinski definition) is 3. The van der Waals surface area contributed by atoms with Crippen LogP contribution in [0.1, 0.15) is 26.2 Å². The number of rotatable bonds is 0. The van der Waals surface area contributed by atoms with Crippen molar-refractivity contribution in [2.75, 3.05) is 0 Å². The number of nitrogens with one attached hydrogen (secondary N) is 2. The van der Waals surface area contributed by atoms with Gasteiger partial charge in [0, 0.05) is 11.1 Å². The van der Waals surface area contributed by atoms with E-state index in [1.165, 1.54) is 0 Å². The van der Waals surface area contributed by atoms with Crippen molar-refractivity contribution < 1.29 is 9.59 Å². The Morgan fingerprint density at radius 2 is 2.05 bits per heavy atom. The average molecular weight is 258 g/mol. The summed E-state index contributed by atoms with van der Waals surface area (Å²) in [6.07, 6.45) is 4.35. The molecule has 0 aromatic carbocycles. The number of nitriles is 1. The van der Waals surface area contributed by atoms with Crippen molar-refractivity contribution in [3.8, 4) is 6.07 Å². The summed E-state index contributed by atoms with van der Waals surface area (Å²) in [5.41, 5.74) is 4.27. The third-order valence-corrected chi connectivity index (χ3v) is 4.59. The molecule has 0 radical (unpaired) electrons. The fraction of sp³-hybridized carbons (Fsp3) is 0.462. The molecule has 19 heavy (non-hydrogen) atoms. The van der Waals surface area contributed by atoms with Gasteiger partial charge in [-0.05, 0) is 19.3 Å². The lowest BCUT2D eigenvalue weighted by Gasteiger charge is -2.38. The molecule has 1 aliphatic carbocycles. The number of carbonyl (C=O) groups excluding carboxylic acids is 2. The van der Waals surface area contributed by atoms with Gasteiger partial charge in [0.2, 0.25) is 11.8 Å². The maximum atomic E-state index is 12.4. The summed E-state index contributed by atoms with van der Waals surface area (Å²) in [5, 5.41) is 14.5. The van der Waals surface area contributed by atoms with Crippen LogP contribution in [0.25, 0.3) is 0 Å². The number of carbonyl (C=O) groups is 2. The summed E-state index contributed by atoms with van der Waals surface area (Å²) in [6.45, 7) is 1.85. The maximum absolute atomic E-state index is 12.4. The van der Waals surface area contributed by atoms with E-state index >= 15 is 0 Å². The molecule has 6 nitrogen and oxygen atoms in total. The first-order chi connectivity index (χ1) is 8.98. The molecule has 0 aromatic heterocycles. The zero-order chi connectivity index (χ0) is 13.8. The Morgan fingerprint density at radius 1 is 1.37 bits per heavy atom. The predicted molar refractivity (Wildman–Crippen MR) is 65.6 cm³/mol. The van der Waals surface area contributed by atoms with Gasteiger partial charge >= 0.3 is 0 Å². The van der Waals surface area contributed by atoms with Crippen LogP contribution in [-0.2, 0) is 9.59 Å². The van der Waals surface area contributed by atoms with Crippen LogP contribution in [-0.4, -0.2) is 11.8 Å². The summed E-state index contributed by atoms with van der Waals surface area (Å²) in [4.78, 5) is 24.8. The second-order valence-electron chi connectivity index (χ2n) is 5.40. The molecule has 2 aliphatic heterocycles. The second-order valence-corrected chi connectivity index (χ2v) is 5.40. The van der Waals surface area contributed by atoms with Crippen molar-refractivity contribution in [2.45, 2.75) is 26.2 Å². The monoisotopic (exact) mass is 258 g/mol. The molecule has 3 rings (SSSR count). The molecule has 2 heterocycles. The molecule has 1 spiro atoms. The highest BCUT2D eigenvalue weighted by Gasteiger charge is 2.70. The number of allylic oxidation sites excluding steroid dienone is 2. The molecule has 6 heteroatoms. The third kappa shape index (κ3) is 1.06. The molecule has 0 bridgehead atoms. The van der Waals surface area contributed by atoms with E-state index in [0.29, 0.717) is 6.42 Å². The number of fused-ring (bicyclic) bond motifs is 2. The molecular formula is C13H14N4O2. The second kappa shape index (κ2) is 3.38. The number of nitrogens with two attached hydrogens (primary N) is 1. The molecule has 98 valence electrons. The summed E-state index contributed by atoms with van der Waals surface area (Å²) in [7, 11) is 0. The van der Waals surface area contributed by atoms with Crippen molar-refractivity contribution in [3.05, 3.63) is 23.2 Å². The van der Waals surface area contributed by atoms with Gasteiger partial charge in [0.05, 0.1) is 5.57 Å². The molecule has 2 atom stereocenters. The van der Waals surface area contributed by atoms with Crippen molar-refractivity contribution in [2.24, 2.45) is 16.6 Å². The lowest BCUT2D eigenvalue weighted by Crippen LogP contribution is -2.49. The quantitative estimate of drug-likeness (QED) is 0.531. The number of amides is 2. The van der Waals surface area contributed by atoms with Gasteiger partial charge in [-0.15, -0.1) is 0 Å². The van der Waals surface area contributed by atoms with Crippen LogP contribution in [0.15, 0.2) is 23.2 Å². The van der Waals surface area contributed by atoms with Gasteiger partial charge < -0.3 is 16.4 Å². The minimum atomic E-state index is -1.50. The standard InChI is InChI=1S/C13H14N4O2/c1-12-5-3-2-4-8(12)16-10(18)13(12)7(6-14)9(15)17-11(13)19/h4H,2-3,5,15H2,1H3,(H,16,18)(H,17,19)/t12-,13+/m0/s1. The molecule has 3 aliphatic rings. The highest BCUT2D eigenvalue weighted by molar-refractivity contribution is 6.15. The summed E-state index contributed by atoms with van der Waals surface area (Å²) < 4.78 is 0. The SMILES string of the molecule is C[C@]12CCCC=C1NC(=O)[C@]21C(=O)NC(N)=C1C#N. The van der Waals surface area contributed by atoms with Crippen molar-refractivity contribution >= 4 is 11.8 Å². The Labute approximate surface area is 110 Å². The van der Waals surface area contributed by atoms with Crippen LogP contribution in [0.5, 0.6) is 0 Å². The van der Waals surface area contributed by atoms with Crippen LogP contribution in [0.4, 0.5) is 0 Å². The van der Waals surface area contributed by atoms with Crippen molar-refractivity contribution in [1.29, 1.82) is 5.26 Å². The van der Waals surface area contributed by atoms with Gasteiger partial charge in [-0.1, -0.05) is 13.0 Å². The molecule has 0 aromatic rings. The van der Waals surface area contributed by atoms with Crippen molar-refractivity contribution in [3.63, 3.8) is 0 Å². The van der Waals surface area contributed by atoms with Crippen LogP contribution in [0.3, 0.4) is 0 Å². The van der Waals surface area contributed by atoms with Gasteiger partial charge in [0.25, 0.3) is 0 Å². The first-order valence-corrected chi connectivity index (χ1v) is 6.22. The summed E-state index contributed by atoms with van der Waals surface area (Å²) in [5.74, 6) is -0.944. The normalized spacial score (nSPS) is 36.7. The molecular weight excluding hydrogens is 244 g/mol. The molecule has 1 saturated heterocycles. The first-order valence-electron chi connectivity index (χ1n) is 6.22. The van der Waals surface area contributed by atoms with E-state index in [-0.39, 0.29) is 11.4 Å². The van der Waals surface area contributed by atoms with E-state index in [1.807, 2.05) is 19.1 Å². The molecule has 0 unspecified atom stereocenters. The van der Waals surface area contributed by atoms with Gasteiger partial charge in [0.1, 0.15) is 11.9 Å². The van der Waals surface area contributed by atoms with Gasteiger partial charge in [-0.25, -0.2) is 0 Å². The Balaban J connectivity index is 2.32. The highest BCUT2D eigenvalue weighted by Crippen LogP contribution is 2.59. The van der Waals surface area contributed by atoms with Crippen LogP contribution in [0, 0.1) is 22.2 Å². The smallest absolute Gasteiger partial charge is 0.247 e. The maximum Gasteiger partial charge on any atom is 0.247 e. The number of nitrogens with zero attached hydrogens (tertiary/aromatic N) is 1. The van der Waals surface area contributed by atoms with E-state index in [2.05, 4.69) is 10.6 Å². The molecule has 4 N–H and O–H groups in total. The predicted octanol–water partition coefficient (Wildman–Crippen LogP) is 0.000380. The van der Waals surface area contributed by atoms with Crippen molar-refractivity contribution in [1.82, 2.24) is 10.6 Å². The number of hydrogen-bond acceptors (Lipinski definition) is 4. The Bertz CT molecular complexity index is 613. The van der Waals surface area contributed by atoms with E-state index in [0.717, 1.165) is 18.5 Å². The van der Waals surface area contributed by atoms with Gasteiger partial charge in [0.15, 0.2) is 5.41 Å². The summed E-state index contributed by atoms with van der Waals surface area (Å²) >= 11 is 0. The summed E-state index contributed by atoms with van der Waals surface area (Å²) in [6, 6.07) is 1.95. The van der Waals surface area contributed by atoms with E-state index in [1.54, 1.807) is 0 Å². The molecule has 0 saturated carbocycles. The van der Waals surface area contributed by atoms with Gasteiger partial charge in [-0.3, -0.25) is 9.59 Å². The van der Waals surface area contributed by atoms with E-state index in [9.17, 15) is 14.9 Å². The minimum Gasteiger partial charge on any atom is -0.384 e. The topological polar surface area (TPSA) is 108 Å². The Kier molecular flexibility index (Phi) is 2.10. The first kappa shape index (κ1) is 11.8. The van der Waals surface area contributed by atoms with Gasteiger partial charge in [-0.2, -0.15) is 5.26 Å². The van der Waals surface area contributed by atoms with Crippen LogP contribution in [0.2, 0.25) is 0 Å². The average Bonchev–Trinajstić information content (AvgIpc) is 2.75. The molecule has 2 amide bonds. The lowest BCUT2D eigenvalue weighted by atomic mass is 9.58. The van der Waals surface area contributed by atoms with E-state index < -0.39 is 22.6 Å². The minimum absolute atomic E-state index is 0.00398. The van der Waals surface area contributed by atoms with Crippen LogP contribution >= 0.6 is 0 Å². The molecule has 1 fully saturated rings. The van der Waals surface area contributed by atoms with E-state index in [4.69, 9.17) is 5.73 Å². The van der Waals surface area contributed by atoms with Crippen LogP contribution < -0.4 is 16.4 Å². The lowest BCUT2D eigenvalue weighted by molar-refractivity contribution is -0.141. The zero-order valence-electron chi connectivity index (χ0n) is 10.5. The fourth-order valence-corrected chi connectivity index (χ4v) is 3.59. The Hall–Kier alpha value is -2.29. The highest BCUT2D eigenvalue weighted by atomic mass is 16.2. The zero-order valence-corrected chi connectivity index (χ0v) is 10.5.